The summed E-state index contributed by atoms with van der Waals surface area (Å²) in [6, 6.07) is 0.828. The smallest absolute Gasteiger partial charge is 0.00987 e. The van der Waals surface area contributed by atoms with Crippen molar-refractivity contribution in [1.82, 2.24) is 5.32 Å². The van der Waals surface area contributed by atoms with Crippen LogP contribution in [0.4, 0.5) is 0 Å². The van der Waals surface area contributed by atoms with Gasteiger partial charge >= 0.3 is 0 Å². The molecule has 2 fully saturated rings. The Morgan fingerprint density at radius 2 is 2.06 bits per heavy atom. The minimum absolute atomic E-state index is 0. The lowest BCUT2D eigenvalue weighted by molar-refractivity contribution is 0.196. The fourth-order valence-electron chi connectivity index (χ4n) is 3.81. The van der Waals surface area contributed by atoms with Crippen LogP contribution in [0.25, 0.3) is 0 Å². The third-order valence-electron chi connectivity index (χ3n) is 4.76. The normalized spacial score (nSPS) is 36.4. The molecule has 1 heterocycles. The van der Waals surface area contributed by atoms with Gasteiger partial charge in [-0.05, 0) is 56.5 Å². The van der Waals surface area contributed by atoms with Crippen LogP contribution < -0.4 is 11.1 Å². The second kappa shape index (κ2) is 7.60. The molecular weight excluding hydrogens is 232 g/mol. The zero-order valence-electron chi connectivity index (χ0n) is 11.2. The molecule has 4 atom stereocenters. The predicted molar refractivity (Wildman–Crippen MR) is 76.6 cm³/mol. The van der Waals surface area contributed by atoms with E-state index in [1.165, 1.54) is 51.5 Å². The number of unbranched alkanes of at least 4 members (excludes halogenated alkanes) is 1. The third-order valence-corrected chi connectivity index (χ3v) is 4.76. The molecule has 1 aliphatic heterocycles. The maximum absolute atomic E-state index is 5.72. The molecule has 0 radical (unpaired) electrons. The van der Waals surface area contributed by atoms with E-state index in [2.05, 4.69) is 12.2 Å². The first kappa shape index (κ1) is 15.3. The fraction of sp³-hybridized carbons (Fsp3) is 1.00. The predicted octanol–water partition coefficient (Wildman–Crippen LogP) is 2.95. The van der Waals surface area contributed by atoms with Gasteiger partial charge in [0.25, 0.3) is 0 Å². The Morgan fingerprint density at radius 3 is 2.76 bits per heavy atom. The first-order chi connectivity index (χ1) is 7.85. The van der Waals surface area contributed by atoms with Gasteiger partial charge in [-0.15, -0.1) is 12.4 Å². The van der Waals surface area contributed by atoms with Gasteiger partial charge in [0.1, 0.15) is 0 Å². The number of hydrogen-bond donors (Lipinski definition) is 2. The van der Waals surface area contributed by atoms with E-state index in [1.807, 2.05) is 0 Å². The van der Waals surface area contributed by atoms with Crippen LogP contribution in [0.3, 0.4) is 0 Å². The summed E-state index contributed by atoms with van der Waals surface area (Å²) in [6.45, 7) is 4.40. The Hall–Kier alpha value is 0.210. The van der Waals surface area contributed by atoms with Crippen LogP contribution in [0.15, 0.2) is 0 Å². The van der Waals surface area contributed by atoms with Gasteiger partial charge in [0, 0.05) is 6.04 Å². The summed E-state index contributed by atoms with van der Waals surface area (Å²) in [5.41, 5.74) is 5.72. The second-order valence-electron chi connectivity index (χ2n) is 5.84. The number of rotatable bonds is 5. The summed E-state index contributed by atoms with van der Waals surface area (Å²) in [5, 5.41) is 3.71. The molecule has 1 aliphatic carbocycles. The summed E-state index contributed by atoms with van der Waals surface area (Å²) in [5.74, 6) is 2.83. The summed E-state index contributed by atoms with van der Waals surface area (Å²) in [4.78, 5) is 0. The molecule has 0 aromatic carbocycles. The molecule has 0 bridgehead atoms. The van der Waals surface area contributed by atoms with E-state index in [9.17, 15) is 0 Å². The van der Waals surface area contributed by atoms with Crippen molar-refractivity contribution in [1.29, 1.82) is 0 Å². The van der Waals surface area contributed by atoms with E-state index in [4.69, 9.17) is 5.73 Å². The van der Waals surface area contributed by atoms with E-state index in [0.717, 1.165) is 30.3 Å². The number of nitrogens with two attached hydrogens (primary N) is 1. The van der Waals surface area contributed by atoms with Crippen LogP contribution in [0.5, 0.6) is 0 Å². The second-order valence-corrected chi connectivity index (χ2v) is 5.84. The van der Waals surface area contributed by atoms with Gasteiger partial charge in [0.2, 0.25) is 0 Å². The van der Waals surface area contributed by atoms with Crippen LogP contribution in [-0.2, 0) is 0 Å². The van der Waals surface area contributed by atoms with Gasteiger partial charge in [0.05, 0.1) is 0 Å². The lowest BCUT2D eigenvalue weighted by Gasteiger charge is -2.34. The maximum atomic E-state index is 5.72. The third kappa shape index (κ3) is 3.84. The first-order valence-corrected chi connectivity index (χ1v) is 7.28. The van der Waals surface area contributed by atoms with Gasteiger partial charge in [-0.3, -0.25) is 0 Å². The Labute approximate surface area is 113 Å². The van der Waals surface area contributed by atoms with Crippen LogP contribution in [-0.4, -0.2) is 19.1 Å². The fourth-order valence-corrected chi connectivity index (χ4v) is 3.81. The average molecular weight is 261 g/mol. The van der Waals surface area contributed by atoms with E-state index >= 15 is 0 Å². The van der Waals surface area contributed by atoms with Crippen molar-refractivity contribution in [2.24, 2.45) is 23.5 Å². The summed E-state index contributed by atoms with van der Waals surface area (Å²) in [7, 11) is 0. The van der Waals surface area contributed by atoms with Gasteiger partial charge in [0.15, 0.2) is 0 Å². The molecule has 2 nitrogen and oxygen atoms in total. The lowest BCUT2D eigenvalue weighted by atomic mass is 9.72. The zero-order chi connectivity index (χ0) is 11.4. The molecule has 0 spiro atoms. The molecular formula is C14H29ClN2. The molecule has 102 valence electrons. The lowest BCUT2D eigenvalue weighted by Crippen LogP contribution is -2.34. The number of nitrogens with one attached hydrogen (secondary N) is 1. The maximum Gasteiger partial charge on any atom is 0.00987 e. The Kier molecular flexibility index (Phi) is 6.83. The molecule has 1 saturated carbocycles. The summed E-state index contributed by atoms with van der Waals surface area (Å²) >= 11 is 0. The number of hydrogen-bond acceptors (Lipinski definition) is 2. The largest absolute Gasteiger partial charge is 0.330 e. The molecule has 2 aliphatic rings. The van der Waals surface area contributed by atoms with Crippen molar-refractivity contribution in [2.45, 2.75) is 57.9 Å². The van der Waals surface area contributed by atoms with Crippen LogP contribution in [0.1, 0.15) is 51.9 Å². The minimum Gasteiger partial charge on any atom is -0.330 e. The topological polar surface area (TPSA) is 38.0 Å². The standard InChI is InChI=1S/C14H28N2.ClH/c1-2-3-4-11-5-6-14-13(9-11)12(7-8-15)10-16-14;/h11-14,16H,2-10,15H2,1H3;1H. The quantitative estimate of drug-likeness (QED) is 0.798. The van der Waals surface area contributed by atoms with E-state index < -0.39 is 0 Å². The van der Waals surface area contributed by atoms with Crippen molar-refractivity contribution < 1.29 is 0 Å². The highest BCUT2D eigenvalue weighted by Crippen LogP contribution is 2.40. The molecule has 4 unspecified atom stereocenters. The summed E-state index contributed by atoms with van der Waals surface area (Å²) in [6.07, 6.45) is 9.84. The highest BCUT2D eigenvalue weighted by Gasteiger charge is 2.39. The molecule has 1 saturated heterocycles. The summed E-state index contributed by atoms with van der Waals surface area (Å²) < 4.78 is 0. The van der Waals surface area contributed by atoms with Crippen molar-refractivity contribution in [3.05, 3.63) is 0 Å². The SMILES string of the molecule is CCCCC1CCC2NCC(CCN)C2C1.Cl. The number of halogens is 1. The van der Waals surface area contributed by atoms with Gasteiger partial charge in [-0.25, -0.2) is 0 Å². The van der Waals surface area contributed by atoms with Gasteiger partial charge in [-0.1, -0.05) is 26.2 Å². The van der Waals surface area contributed by atoms with Gasteiger partial charge < -0.3 is 11.1 Å². The highest BCUT2D eigenvalue weighted by atomic mass is 35.5. The molecule has 2 rings (SSSR count). The van der Waals surface area contributed by atoms with E-state index in [0.29, 0.717) is 0 Å². The van der Waals surface area contributed by atoms with Crippen molar-refractivity contribution in [3.8, 4) is 0 Å². The van der Waals surface area contributed by atoms with E-state index in [1.54, 1.807) is 0 Å². The van der Waals surface area contributed by atoms with Crippen LogP contribution in [0, 0.1) is 17.8 Å². The van der Waals surface area contributed by atoms with Crippen molar-refractivity contribution in [3.63, 3.8) is 0 Å². The van der Waals surface area contributed by atoms with Crippen molar-refractivity contribution >= 4 is 12.4 Å². The van der Waals surface area contributed by atoms with Gasteiger partial charge in [-0.2, -0.15) is 0 Å². The Morgan fingerprint density at radius 1 is 1.24 bits per heavy atom. The molecule has 0 aromatic heterocycles. The zero-order valence-corrected chi connectivity index (χ0v) is 12.0. The monoisotopic (exact) mass is 260 g/mol. The Bertz CT molecular complexity index is 210. The minimum atomic E-state index is 0. The molecule has 0 aromatic rings. The first-order valence-electron chi connectivity index (χ1n) is 7.28. The molecule has 0 amide bonds. The Balaban J connectivity index is 0.00000144. The van der Waals surface area contributed by atoms with Crippen molar-refractivity contribution in [2.75, 3.05) is 13.1 Å². The average Bonchev–Trinajstić information content (AvgIpc) is 2.70. The van der Waals surface area contributed by atoms with Crippen LogP contribution >= 0.6 is 12.4 Å². The molecule has 3 N–H and O–H groups in total. The van der Waals surface area contributed by atoms with Crippen LogP contribution in [0.2, 0.25) is 0 Å². The number of fused-ring (bicyclic) bond motifs is 1. The molecule has 17 heavy (non-hydrogen) atoms. The molecule has 3 heteroatoms. The highest BCUT2D eigenvalue weighted by molar-refractivity contribution is 5.85. The van der Waals surface area contributed by atoms with E-state index in [-0.39, 0.29) is 12.4 Å².